The summed E-state index contributed by atoms with van der Waals surface area (Å²) in [6, 6.07) is 8.13. The molecule has 2 nitrogen and oxygen atoms in total. The molecule has 2 rings (SSSR count). The molecule has 76 valence electrons. The minimum absolute atomic E-state index is 0.493. The number of nitrogen functional groups attached to an aromatic ring is 1. The molecule has 1 unspecified atom stereocenters. The van der Waals surface area contributed by atoms with Crippen LogP contribution in [0.5, 0.6) is 0 Å². The Morgan fingerprint density at radius 2 is 2.07 bits per heavy atom. The summed E-state index contributed by atoms with van der Waals surface area (Å²) in [5.74, 6) is 0. The van der Waals surface area contributed by atoms with Crippen LogP contribution in [-0.4, -0.2) is 12.7 Å². The topological polar surface area (TPSA) is 35.2 Å². The first-order valence-electron chi connectivity index (χ1n) is 5.30. The van der Waals surface area contributed by atoms with Crippen molar-refractivity contribution in [3.05, 3.63) is 29.8 Å². The van der Waals surface area contributed by atoms with Crippen molar-refractivity contribution in [2.75, 3.05) is 12.3 Å². The third-order valence-electron chi connectivity index (χ3n) is 2.76. The van der Waals surface area contributed by atoms with Crippen molar-refractivity contribution in [1.82, 2.24) is 0 Å². The third kappa shape index (κ3) is 2.48. The molecular formula is C12H17NO. The lowest BCUT2D eigenvalue weighted by Gasteiger charge is -2.08. The smallest absolute Gasteiger partial charge is 0.0579 e. The summed E-state index contributed by atoms with van der Waals surface area (Å²) >= 11 is 0. The van der Waals surface area contributed by atoms with Crippen molar-refractivity contribution in [2.24, 2.45) is 0 Å². The fourth-order valence-electron chi connectivity index (χ4n) is 1.88. The fourth-order valence-corrected chi connectivity index (χ4v) is 1.88. The van der Waals surface area contributed by atoms with Gasteiger partial charge in [0.25, 0.3) is 0 Å². The Morgan fingerprint density at radius 1 is 1.29 bits per heavy atom. The van der Waals surface area contributed by atoms with Crippen LogP contribution in [0.3, 0.4) is 0 Å². The second-order valence-corrected chi connectivity index (χ2v) is 3.92. The maximum absolute atomic E-state index is 5.62. The molecule has 1 saturated heterocycles. The lowest BCUT2D eigenvalue weighted by molar-refractivity contribution is 0.104. The molecule has 1 aliphatic rings. The summed E-state index contributed by atoms with van der Waals surface area (Å²) in [6.45, 7) is 0.951. The van der Waals surface area contributed by atoms with Crippen molar-refractivity contribution >= 4 is 5.69 Å². The maximum Gasteiger partial charge on any atom is 0.0579 e. The highest BCUT2D eigenvalue weighted by Crippen LogP contribution is 2.18. The highest BCUT2D eigenvalue weighted by molar-refractivity contribution is 5.39. The Bertz CT molecular complexity index is 275. The predicted molar refractivity (Wildman–Crippen MR) is 58.1 cm³/mol. The number of hydrogen-bond donors (Lipinski definition) is 1. The first kappa shape index (κ1) is 9.53. The van der Waals surface area contributed by atoms with Crippen LogP contribution in [0.25, 0.3) is 0 Å². The largest absolute Gasteiger partial charge is 0.399 e. The molecule has 1 aromatic carbocycles. The van der Waals surface area contributed by atoms with E-state index in [9.17, 15) is 0 Å². The summed E-state index contributed by atoms with van der Waals surface area (Å²) in [5, 5.41) is 0. The Kier molecular flexibility index (Phi) is 3.04. The van der Waals surface area contributed by atoms with E-state index in [4.69, 9.17) is 10.5 Å². The number of nitrogens with two attached hydrogens (primary N) is 1. The van der Waals surface area contributed by atoms with E-state index in [-0.39, 0.29) is 0 Å². The third-order valence-corrected chi connectivity index (χ3v) is 2.76. The van der Waals surface area contributed by atoms with E-state index in [1.165, 1.54) is 18.4 Å². The van der Waals surface area contributed by atoms with Crippen molar-refractivity contribution in [1.29, 1.82) is 0 Å². The maximum atomic E-state index is 5.62. The molecule has 0 spiro atoms. The quantitative estimate of drug-likeness (QED) is 0.744. The SMILES string of the molecule is Nc1ccc(CCC2CCCO2)cc1. The van der Waals surface area contributed by atoms with E-state index in [0.29, 0.717) is 6.10 Å². The summed E-state index contributed by atoms with van der Waals surface area (Å²) < 4.78 is 5.57. The van der Waals surface area contributed by atoms with Gasteiger partial charge in [-0.2, -0.15) is 0 Å². The number of aryl methyl sites for hydroxylation is 1. The Morgan fingerprint density at radius 3 is 2.71 bits per heavy atom. The Hall–Kier alpha value is -1.02. The lowest BCUT2D eigenvalue weighted by Crippen LogP contribution is -2.06. The molecule has 0 saturated carbocycles. The summed E-state index contributed by atoms with van der Waals surface area (Å²) in [6.07, 6.45) is 5.20. The molecule has 1 aromatic rings. The second kappa shape index (κ2) is 4.47. The van der Waals surface area contributed by atoms with Crippen LogP contribution >= 0.6 is 0 Å². The highest BCUT2D eigenvalue weighted by Gasteiger charge is 2.14. The second-order valence-electron chi connectivity index (χ2n) is 3.92. The molecule has 0 aliphatic carbocycles. The molecule has 1 heterocycles. The van der Waals surface area contributed by atoms with Gasteiger partial charge in [0.1, 0.15) is 0 Å². The standard InChI is InChI=1S/C12H17NO/c13-11-6-3-10(4-7-11)5-8-12-2-1-9-14-12/h3-4,6-7,12H,1-2,5,8-9,13H2. The molecule has 1 aliphatic heterocycles. The van der Waals surface area contributed by atoms with Crippen LogP contribution in [-0.2, 0) is 11.2 Å². The van der Waals surface area contributed by atoms with Crippen molar-refractivity contribution in [2.45, 2.75) is 31.8 Å². The number of rotatable bonds is 3. The average molecular weight is 191 g/mol. The highest BCUT2D eigenvalue weighted by atomic mass is 16.5. The average Bonchev–Trinajstić information content (AvgIpc) is 2.70. The van der Waals surface area contributed by atoms with Gasteiger partial charge in [0.05, 0.1) is 6.10 Å². The molecule has 14 heavy (non-hydrogen) atoms. The van der Waals surface area contributed by atoms with E-state index in [0.717, 1.165) is 25.1 Å². The molecule has 1 atom stereocenters. The molecule has 2 N–H and O–H groups in total. The van der Waals surface area contributed by atoms with Gasteiger partial charge in [0.2, 0.25) is 0 Å². The van der Waals surface area contributed by atoms with Gasteiger partial charge in [-0.15, -0.1) is 0 Å². The lowest BCUT2D eigenvalue weighted by atomic mass is 10.1. The van der Waals surface area contributed by atoms with Crippen molar-refractivity contribution in [3.8, 4) is 0 Å². The molecule has 0 amide bonds. The van der Waals surface area contributed by atoms with Gasteiger partial charge < -0.3 is 10.5 Å². The van der Waals surface area contributed by atoms with Crippen LogP contribution in [0.15, 0.2) is 24.3 Å². The zero-order chi connectivity index (χ0) is 9.80. The summed E-state index contributed by atoms with van der Waals surface area (Å²) in [7, 11) is 0. The van der Waals surface area contributed by atoms with Crippen LogP contribution in [0, 0.1) is 0 Å². The number of anilines is 1. The summed E-state index contributed by atoms with van der Waals surface area (Å²) in [5.41, 5.74) is 7.82. The first-order valence-corrected chi connectivity index (χ1v) is 5.30. The number of ether oxygens (including phenoxy) is 1. The van der Waals surface area contributed by atoms with Crippen LogP contribution < -0.4 is 5.73 Å². The van der Waals surface area contributed by atoms with Crippen molar-refractivity contribution in [3.63, 3.8) is 0 Å². The van der Waals surface area contributed by atoms with Gasteiger partial charge in [0.15, 0.2) is 0 Å². The monoisotopic (exact) mass is 191 g/mol. The van der Waals surface area contributed by atoms with Gasteiger partial charge in [-0.25, -0.2) is 0 Å². The molecular weight excluding hydrogens is 174 g/mol. The fraction of sp³-hybridized carbons (Fsp3) is 0.500. The van der Waals surface area contributed by atoms with E-state index in [2.05, 4.69) is 12.1 Å². The first-order chi connectivity index (χ1) is 6.84. The van der Waals surface area contributed by atoms with Gasteiger partial charge in [-0.1, -0.05) is 12.1 Å². The zero-order valence-electron chi connectivity index (χ0n) is 8.41. The van der Waals surface area contributed by atoms with Crippen LogP contribution in [0.2, 0.25) is 0 Å². The van der Waals surface area contributed by atoms with Gasteiger partial charge in [-0.05, 0) is 43.4 Å². The molecule has 2 heteroatoms. The predicted octanol–water partition coefficient (Wildman–Crippen LogP) is 2.38. The van der Waals surface area contributed by atoms with Gasteiger partial charge >= 0.3 is 0 Å². The molecule has 0 aromatic heterocycles. The Labute approximate surface area is 85.1 Å². The van der Waals surface area contributed by atoms with Crippen LogP contribution in [0.4, 0.5) is 5.69 Å². The summed E-state index contributed by atoms with van der Waals surface area (Å²) in [4.78, 5) is 0. The van der Waals surface area contributed by atoms with Crippen molar-refractivity contribution < 1.29 is 4.74 Å². The molecule has 1 fully saturated rings. The normalized spacial score (nSPS) is 21.3. The minimum Gasteiger partial charge on any atom is -0.399 e. The van der Waals surface area contributed by atoms with Gasteiger partial charge in [-0.3, -0.25) is 0 Å². The van der Waals surface area contributed by atoms with E-state index in [1.54, 1.807) is 0 Å². The Balaban J connectivity index is 1.82. The van der Waals surface area contributed by atoms with E-state index >= 15 is 0 Å². The van der Waals surface area contributed by atoms with E-state index < -0.39 is 0 Å². The number of hydrogen-bond acceptors (Lipinski definition) is 2. The van der Waals surface area contributed by atoms with E-state index in [1.807, 2.05) is 12.1 Å². The number of benzene rings is 1. The molecule has 0 radical (unpaired) electrons. The zero-order valence-corrected chi connectivity index (χ0v) is 8.41. The van der Waals surface area contributed by atoms with Gasteiger partial charge in [0, 0.05) is 12.3 Å². The molecule has 0 bridgehead atoms. The van der Waals surface area contributed by atoms with Crippen LogP contribution in [0.1, 0.15) is 24.8 Å². The minimum atomic E-state index is 0.493.